The van der Waals surface area contributed by atoms with Crippen LogP contribution in [0.25, 0.3) is 0 Å². The molecule has 1 unspecified atom stereocenters. The van der Waals surface area contributed by atoms with E-state index in [2.05, 4.69) is 58.0 Å². The molecule has 1 atom stereocenters. The predicted molar refractivity (Wildman–Crippen MR) is 80.0 cm³/mol. The fourth-order valence-electron chi connectivity index (χ4n) is 2.26. The molecule has 0 radical (unpaired) electrons. The van der Waals surface area contributed by atoms with Gasteiger partial charge in [-0.15, -0.1) is 0 Å². The van der Waals surface area contributed by atoms with E-state index in [1.807, 2.05) is 12.4 Å². The Morgan fingerprint density at radius 3 is 2.89 bits per heavy atom. The number of halogens is 1. The Morgan fingerprint density at radius 2 is 2.22 bits per heavy atom. The summed E-state index contributed by atoms with van der Waals surface area (Å²) in [6.07, 6.45) is 5.04. The van der Waals surface area contributed by atoms with Crippen molar-refractivity contribution in [3.05, 3.63) is 22.9 Å². The molecule has 1 aliphatic heterocycles. The molecule has 0 aromatic carbocycles. The molecule has 1 aromatic rings. The molecular weight excluding hydrogens is 290 g/mol. The second-order valence-electron chi connectivity index (χ2n) is 6.09. The van der Waals surface area contributed by atoms with Crippen molar-refractivity contribution in [3.8, 4) is 0 Å². The molecule has 100 valence electrons. The van der Waals surface area contributed by atoms with Gasteiger partial charge in [0.2, 0.25) is 0 Å². The van der Waals surface area contributed by atoms with Crippen molar-refractivity contribution in [2.24, 2.45) is 5.92 Å². The zero-order valence-corrected chi connectivity index (χ0v) is 13.0. The minimum atomic E-state index is 0.213. The lowest BCUT2D eigenvalue weighted by atomic mass is 10.1. The summed E-state index contributed by atoms with van der Waals surface area (Å²) in [6.45, 7) is 10.0. The van der Waals surface area contributed by atoms with Crippen molar-refractivity contribution in [1.29, 1.82) is 0 Å². The van der Waals surface area contributed by atoms with E-state index in [9.17, 15) is 0 Å². The minimum absolute atomic E-state index is 0.213. The lowest BCUT2D eigenvalue weighted by Crippen LogP contribution is -2.39. The van der Waals surface area contributed by atoms with Crippen LogP contribution in [0.2, 0.25) is 0 Å². The maximum atomic E-state index is 4.23. The van der Waals surface area contributed by atoms with Gasteiger partial charge in [0.15, 0.2) is 0 Å². The Hall–Kier alpha value is -0.610. The summed E-state index contributed by atoms with van der Waals surface area (Å²) in [4.78, 5) is 6.66. The van der Waals surface area contributed by atoms with E-state index in [1.165, 1.54) is 12.1 Å². The second kappa shape index (κ2) is 5.57. The third-order valence-corrected chi connectivity index (χ3v) is 3.70. The molecule has 0 bridgehead atoms. The average Bonchev–Trinajstić information content (AvgIpc) is 2.74. The standard InChI is InChI=1S/C14H22BrN3/c1-14(2,3)17-7-11-4-5-18(10-11)13-6-12(15)8-16-9-13/h6,8-9,11,17H,4-5,7,10H2,1-3H3. The van der Waals surface area contributed by atoms with Gasteiger partial charge in [-0.3, -0.25) is 4.98 Å². The fraction of sp³-hybridized carbons (Fsp3) is 0.643. The number of anilines is 1. The summed E-state index contributed by atoms with van der Waals surface area (Å²) < 4.78 is 1.05. The van der Waals surface area contributed by atoms with Gasteiger partial charge in [-0.25, -0.2) is 0 Å². The molecule has 1 N–H and O–H groups in total. The van der Waals surface area contributed by atoms with Crippen molar-refractivity contribution >= 4 is 21.6 Å². The van der Waals surface area contributed by atoms with Gasteiger partial charge in [0.25, 0.3) is 0 Å². The number of nitrogens with zero attached hydrogens (tertiary/aromatic N) is 2. The maximum Gasteiger partial charge on any atom is 0.0564 e. The zero-order valence-electron chi connectivity index (χ0n) is 11.4. The van der Waals surface area contributed by atoms with E-state index in [4.69, 9.17) is 0 Å². The Kier molecular flexibility index (Phi) is 4.28. The van der Waals surface area contributed by atoms with Crippen molar-refractivity contribution in [1.82, 2.24) is 10.3 Å². The first-order valence-corrected chi connectivity index (χ1v) is 7.34. The summed E-state index contributed by atoms with van der Waals surface area (Å²) >= 11 is 3.48. The molecule has 4 heteroatoms. The van der Waals surface area contributed by atoms with Crippen LogP contribution in [0, 0.1) is 5.92 Å². The van der Waals surface area contributed by atoms with Gasteiger partial charge >= 0.3 is 0 Å². The topological polar surface area (TPSA) is 28.2 Å². The van der Waals surface area contributed by atoms with E-state index in [0.29, 0.717) is 0 Å². The van der Waals surface area contributed by atoms with Crippen LogP contribution in [0.1, 0.15) is 27.2 Å². The predicted octanol–water partition coefficient (Wildman–Crippen LogP) is 3.06. The van der Waals surface area contributed by atoms with Crippen molar-refractivity contribution in [2.75, 3.05) is 24.5 Å². The van der Waals surface area contributed by atoms with Gasteiger partial charge in [-0.05, 0) is 55.1 Å². The van der Waals surface area contributed by atoms with E-state index in [0.717, 1.165) is 30.0 Å². The number of hydrogen-bond donors (Lipinski definition) is 1. The van der Waals surface area contributed by atoms with Gasteiger partial charge in [0.05, 0.1) is 11.9 Å². The van der Waals surface area contributed by atoms with E-state index in [-0.39, 0.29) is 5.54 Å². The molecule has 0 saturated carbocycles. The highest BCUT2D eigenvalue weighted by atomic mass is 79.9. The quantitative estimate of drug-likeness (QED) is 0.930. The molecule has 1 aliphatic rings. The summed E-state index contributed by atoms with van der Waals surface area (Å²) in [5, 5.41) is 3.60. The molecule has 3 nitrogen and oxygen atoms in total. The van der Waals surface area contributed by atoms with E-state index in [1.54, 1.807) is 0 Å². The number of nitrogens with one attached hydrogen (secondary N) is 1. The molecule has 0 amide bonds. The smallest absolute Gasteiger partial charge is 0.0564 e. The van der Waals surface area contributed by atoms with Crippen LogP contribution in [0.3, 0.4) is 0 Å². The second-order valence-corrected chi connectivity index (χ2v) is 7.01. The molecule has 0 aliphatic carbocycles. The monoisotopic (exact) mass is 311 g/mol. The Balaban J connectivity index is 1.89. The van der Waals surface area contributed by atoms with Crippen LogP contribution in [-0.4, -0.2) is 30.2 Å². The van der Waals surface area contributed by atoms with Crippen LogP contribution in [0.5, 0.6) is 0 Å². The number of rotatable bonds is 3. The highest BCUT2D eigenvalue weighted by Crippen LogP contribution is 2.25. The van der Waals surface area contributed by atoms with E-state index < -0.39 is 0 Å². The van der Waals surface area contributed by atoms with Gasteiger partial charge in [0.1, 0.15) is 0 Å². The molecule has 1 fully saturated rings. The molecule has 1 aromatic heterocycles. The Morgan fingerprint density at radius 1 is 1.44 bits per heavy atom. The molecule has 1 saturated heterocycles. The SMILES string of the molecule is CC(C)(C)NCC1CCN(c2cncc(Br)c2)C1. The van der Waals surface area contributed by atoms with Crippen molar-refractivity contribution in [2.45, 2.75) is 32.7 Å². The third-order valence-electron chi connectivity index (χ3n) is 3.26. The van der Waals surface area contributed by atoms with Crippen LogP contribution < -0.4 is 10.2 Å². The summed E-state index contributed by atoms with van der Waals surface area (Å²) in [5.74, 6) is 0.739. The molecule has 2 heterocycles. The third kappa shape index (κ3) is 3.95. The molecule has 2 rings (SSSR count). The summed E-state index contributed by atoms with van der Waals surface area (Å²) in [7, 11) is 0. The first-order valence-electron chi connectivity index (χ1n) is 6.54. The normalized spacial score (nSPS) is 20.4. The zero-order chi connectivity index (χ0) is 13.2. The minimum Gasteiger partial charge on any atom is -0.370 e. The van der Waals surface area contributed by atoms with Crippen molar-refractivity contribution < 1.29 is 0 Å². The number of pyridine rings is 1. The average molecular weight is 312 g/mol. The van der Waals surface area contributed by atoms with Gasteiger partial charge in [-0.2, -0.15) is 0 Å². The number of hydrogen-bond acceptors (Lipinski definition) is 3. The Bertz CT molecular complexity index is 400. The molecule has 18 heavy (non-hydrogen) atoms. The highest BCUT2D eigenvalue weighted by Gasteiger charge is 2.24. The number of aromatic nitrogens is 1. The Labute approximate surface area is 118 Å². The van der Waals surface area contributed by atoms with Crippen molar-refractivity contribution in [3.63, 3.8) is 0 Å². The first kappa shape index (κ1) is 13.8. The van der Waals surface area contributed by atoms with Gasteiger partial charge in [-0.1, -0.05) is 0 Å². The van der Waals surface area contributed by atoms with Gasteiger partial charge < -0.3 is 10.2 Å². The maximum absolute atomic E-state index is 4.23. The van der Waals surface area contributed by atoms with Gasteiger partial charge in [0, 0.05) is 35.8 Å². The first-order chi connectivity index (χ1) is 8.44. The summed E-state index contributed by atoms with van der Waals surface area (Å²) in [6, 6.07) is 2.15. The lowest BCUT2D eigenvalue weighted by Gasteiger charge is -2.23. The van der Waals surface area contributed by atoms with Crippen LogP contribution in [0.15, 0.2) is 22.9 Å². The highest BCUT2D eigenvalue weighted by molar-refractivity contribution is 9.10. The van der Waals surface area contributed by atoms with E-state index >= 15 is 0 Å². The largest absolute Gasteiger partial charge is 0.370 e. The molecular formula is C14H22BrN3. The lowest BCUT2D eigenvalue weighted by molar-refractivity contribution is 0.383. The van der Waals surface area contributed by atoms with Crippen LogP contribution >= 0.6 is 15.9 Å². The fourth-order valence-corrected chi connectivity index (χ4v) is 2.61. The van der Waals surface area contributed by atoms with Crippen LogP contribution in [-0.2, 0) is 0 Å². The summed E-state index contributed by atoms with van der Waals surface area (Å²) in [5.41, 5.74) is 1.44. The van der Waals surface area contributed by atoms with Crippen LogP contribution in [0.4, 0.5) is 5.69 Å². The molecule has 0 spiro atoms.